The number of para-hydroxylation sites is 1. The first kappa shape index (κ1) is 24.3. The Hall–Kier alpha value is -5.02. The van der Waals surface area contributed by atoms with E-state index < -0.39 is 0 Å². The standard InChI is InChI=1S/C30H21FN4O3S/c31-22-10-12-23(13-11-22)33-30-35(27(19-39-30)21-9-14-28-26(16-21)34-29(36)18-37-28)32-17-20-5-4-8-25(15-20)38-24-6-2-1-3-7-24/h1-17,19H,18H2,(H,34,36)/b32-17-,33-30?. The van der Waals surface area contributed by atoms with Crippen LogP contribution in [-0.4, -0.2) is 23.4 Å². The molecule has 1 amide bonds. The van der Waals surface area contributed by atoms with E-state index >= 15 is 0 Å². The molecule has 6 rings (SSSR count). The van der Waals surface area contributed by atoms with Gasteiger partial charge in [-0.05, 0) is 72.3 Å². The van der Waals surface area contributed by atoms with Gasteiger partial charge >= 0.3 is 0 Å². The number of benzene rings is 4. The van der Waals surface area contributed by atoms with Gasteiger partial charge in [0.15, 0.2) is 6.61 Å². The van der Waals surface area contributed by atoms with Gasteiger partial charge in [0.2, 0.25) is 4.80 Å². The summed E-state index contributed by atoms with van der Waals surface area (Å²) in [5.41, 5.74) is 3.59. The monoisotopic (exact) mass is 536 g/mol. The van der Waals surface area contributed by atoms with Crippen LogP contribution >= 0.6 is 11.3 Å². The van der Waals surface area contributed by atoms with Crippen molar-refractivity contribution in [2.75, 3.05) is 11.9 Å². The van der Waals surface area contributed by atoms with Crippen molar-refractivity contribution < 1.29 is 18.7 Å². The Balaban J connectivity index is 1.39. The fourth-order valence-corrected chi connectivity index (χ4v) is 4.82. The Kier molecular flexibility index (Phi) is 6.71. The number of hydrogen-bond donors (Lipinski definition) is 1. The van der Waals surface area contributed by atoms with Gasteiger partial charge in [-0.25, -0.2) is 14.1 Å². The quantitative estimate of drug-likeness (QED) is 0.249. The van der Waals surface area contributed by atoms with Gasteiger partial charge in [0.1, 0.15) is 23.1 Å². The second-order valence-electron chi connectivity index (χ2n) is 8.58. The van der Waals surface area contributed by atoms with Gasteiger partial charge < -0.3 is 14.8 Å². The molecule has 0 atom stereocenters. The number of hydrogen-bond acceptors (Lipinski definition) is 6. The summed E-state index contributed by atoms with van der Waals surface area (Å²) in [6.07, 6.45) is 1.72. The predicted molar refractivity (Wildman–Crippen MR) is 149 cm³/mol. The second kappa shape index (κ2) is 10.8. The third kappa shape index (κ3) is 5.63. The maximum atomic E-state index is 13.5. The van der Waals surface area contributed by atoms with Gasteiger partial charge in [0, 0.05) is 10.9 Å². The van der Waals surface area contributed by atoms with Crippen LogP contribution in [0.3, 0.4) is 0 Å². The summed E-state index contributed by atoms with van der Waals surface area (Å²) in [7, 11) is 0. The molecule has 0 saturated carbocycles. The first-order chi connectivity index (χ1) is 19.1. The van der Waals surface area contributed by atoms with Gasteiger partial charge in [0.25, 0.3) is 5.91 Å². The normalized spacial score (nSPS) is 13.2. The molecule has 9 heteroatoms. The predicted octanol–water partition coefficient (Wildman–Crippen LogP) is 6.59. The molecule has 5 aromatic rings. The Bertz CT molecular complexity index is 1740. The third-order valence-electron chi connectivity index (χ3n) is 5.80. The summed E-state index contributed by atoms with van der Waals surface area (Å²) in [5, 5.41) is 9.54. The zero-order chi connectivity index (χ0) is 26.6. The van der Waals surface area contributed by atoms with E-state index in [1.165, 1.54) is 23.5 Å². The average Bonchev–Trinajstić information content (AvgIpc) is 3.35. The molecule has 7 nitrogen and oxygen atoms in total. The molecule has 0 saturated heterocycles. The number of halogens is 1. The summed E-state index contributed by atoms with van der Waals surface area (Å²) in [6.45, 7) is -0.0111. The number of carbonyl (C=O) groups is 1. The highest BCUT2D eigenvalue weighted by atomic mass is 32.1. The minimum Gasteiger partial charge on any atom is -0.482 e. The van der Waals surface area contributed by atoms with Gasteiger partial charge in [-0.15, -0.1) is 11.3 Å². The topological polar surface area (TPSA) is 77.2 Å². The van der Waals surface area contributed by atoms with Crippen LogP contribution in [0.2, 0.25) is 0 Å². The van der Waals surface area contributed by atoms with Crippen molar-refractivity contribution in [3.63, 3.8) is 0 Å². The number of fused-ring (bicyclic) bond motifs is 1. The largest absolute Gasteiger partial charge is 0.482 e. The van der Waals surface area contributed by atoms with Crippen LogP contribution in [0.5, 0.6) is 17.2 Å². The highest BCUT2D eigenvalue weighted by Crippen LogP contribution is 2.33. The molecule has 0 aliphatic carbocycles. The van der Waals surface area contributed by atoms with Crippen molar-refractivity contribution in [2.24, 2.45) is 10.1 Å². The first-order valence-corrected chi connectivity index (χ1v) is 12.9. The van der Waals surface area contributed by atoms with Crippen molar-refractivity contribution >= 4 is 34.8 Å². The van der Waals surface area contributed by atoms with Crippen LogP contribution < -0.4 is 19.6 Å². The molecule has 1 aromatic heterocycles. The molecule has 0 unspecified atom stereocenters. The van der Waals surface area contributed by atoms with E-state index in [9.17, 15) is 9.18 Å². The Morgan fingerprint density at radius 1 is 0.949 bits per heavy atom. The molecule has 0 radical (unpaired) electrons. The van der Waals surface area contributed by atoms with E-state index in [1.807, 2.05) is 78.2 Å². The summed E-state index contributed by atoms with van der Waals surface area (Å²) < 4.78 is 26.6. The van der Waals surface area contributed by atoms with Crippen molar-refractivity contribution in [3.8, 4) is 28.5 Å². The van der Waals surface area contributed by atoms with Crippen LogP contribution in [0.15, 0.2) is 113 Å². The molecule has 0 spiro atoms. The molecule has 0 bridgehead atoms. The van der Waals surface area contributed by atoms with Gasteiger partial charge in [-0.2, -0.15) is 5.10 Å². The van der Waals surface area contributed by atoms with Crippen LogP contribution in [0.4, 0.5) is 15.8 Å². The lowest BCUT2D eigenvalue weighted by atomic mass is 10.1. The number of aromatic nitrogens is 1. The number of thiazole rings is 1. The number of carbonyl (C=O) groups excluding carboxylic acids is 1. The van der Waals surface area contributed by atoms with Crippen LogP contribution in [-0.2, 0) is 4.79 Å². The highest BCUT2D eigenvalue weighted by molar-refractivity contribution is 7.07. The Morgan fingerprint density at radius 3 is 2.62 bits per heavy atom. The molecule has 1 aliphatic heterocycles. The third-order valence-corrected chi connectivity index (χ3v) is 6.62. The fraction of sp³-hybridized carbons (Fsp3) is 0.0333. The number of nitrogens with one attached hydrogen (secondary N) is 1. The maximum Gasteiger partial charge on any atom is 0.262 e. The molecule has 0 fully saturated rings. The summed E-state index contributed by atoms with van der Waals surface area (Å²) in [5.74, 6) is 1.49. The zero-order valence-corrected chi connectivity index (χ0v) is 21.3. The molecular weight excluding hydrogens is 515 g/mol. The SMILES string of the molecule is O=C1COc2ccc(-c3csc(=Nc4ccc(F)cc4)n3/N=C\c3cccc(Oc4ccccc4)c3)cc2N1. The molecule has 1 aliphatic rings. The average molecular weight is 537 g/mol. The summed E-state index contributed by atoms with van der Waals surface area (Å²) in [6, 6.07) is 28.7. The van der Waals surface area contributed by atoms with Crippen molar-refractivity contribution in [2.45, 2.75) is 0 Å². The first-order valence-electron chi connectivity index (χ1n) is 12.1. The van der Waals surface area contributed by atoms with Gasteiger partial charge in [-0.1, -0.05) is 30.3 Å². The lowest BCUT2D eigenvalue weighted by molar-refractivity contribution is -0.118. The van der Waals surface area contributed by atoms with E-state index in [4.69, 9.17) is 19.6 Å². The van der Waals surface area contributed by atoms with Gasteiger partial charge in [0.05, 0.1) is 23.3 Å². The van der Waals surface area contributed by atoms with E-state index in [1.54, 1.807) is 23.0 Å². The molecular formula is C30H21FN4O3S. The number of nitrogens with zero attached hydrogens (tertiary/aromatic N) is 3. The van der Waals surface area contributed by atoms with Crippen LogP contribution in [0, 0.1) is 5.82 Å². The Morgan fingerprint density at radius 2 is 1.77 bits per heavy atom. The van der Waals surface area contributed by atoms with E-state index in [2.05, 4.69) is 5.32 Å². The van der Waals surface area contributed by atoms with E-state index in [0.29, 0.717) is 27.7 Å². The van der Waals surface area contributed by atoms with Crippen molar-refractivity contribution in [1.29, 1.82) is 0 Å². The number of amides is 1. The lowest BCUT2D eigenvalue weighted by Gasteiger charge is -2.18. The van der Waals surface area contributed by atoms with Crippen LogP contribution in [0.25, 0.3) is 11.3 Å². The molecule has 4 aromatic carbocycles. The lowest BCUT2D eigenvalue weighted by Crippen LogP contribution is -2.25. The minimum absolute atomic E-state index is 0.0111. The molecule has 1 N–H and O–H groups in total. The highest BCUT2D eigenvalue weighted by Gasteiger charge is 2.18. The van der Waals surface area contributed by atoms with Crippen molar-refractivity contribution in [1.82, 2.24) is 4.68 Å². The smallest absolute Gasteiger partial charge is 0.262 e. The molecule has 2 heterocycles. The maximum absolute atomic E-state index is 13.5. The number of anilines is 1. The minimum atomic E-state index is -0.331. The molecule has 192 valence electrons. The number of rotatable bonds is 6. The summed E-state index contributed by atoms with van der Waals surface area (Å²) in [4.78, 5) is 17.1. The van der Waals surface area contributed by atoms with Gasteiger partial charge in [-0.3, -0.25) is 4.79 Å². The molecule has 39 heavy (non-hydrogen) atoms. The zero-order valence-electron chi connectivity index (χ0n) is 20.5. The van der Waals surface area contributed by atoms with Crippen molar-refractivity contribution in [3.05, 3.63) is 119 Å². The fourth-order valence-electron chi connectivity index (χ4n) is 3.96. The van der Waals surface area contributed by atoms with E-state index in [0.717, 1.165) is 22.6 Å². The van der Waals surface area contributed by atoms with Crippen LogP contribution in [0.1, 0.15) is 5.56 Å². The number of ether oxygens (including phenoxy) is 2. The Labute approximate surface area is 227 Å². The second-order valence-corrected chi connectivity index (χ2v) is 9.42. The summed E-state index contributed by atoms with van der Waals surface area (Å²) >= 11 is 1.39. The van der Waals surface area contributed by atoms with E-state index in [-0.39, 0.29) is 18.3 Å².